The SMILES string of the molecule is O=C(Nn1c(-c2ccccc2)[nH+]c2ccccc2c1=O)c1ccc(F)cc1. The normalized spacial score (nSPS) is 10.7. The zero-order valence-electron chi connectivity index (χ0n) is 14.1. The molecule has 1 amide bonds. The monoisotopic (exact) mass is 360 g/mol. The lowest BCUT2D eigenvalue weighted by Crippen LogP contribution is -2.38. The van der Waals surface area contributed by atoms with E-state index in [0.29, 0.717) is 16.7 Å². The van der Waals surface area contributed by atoms with Crippen LogP contribution in [0.15, 0.2) is 83.7 Å². The van der Waals surface area contributed by atoms with Crippen LogP contribution >= 0.6 is 0 Å². The lowest BCUT2D eigenvalue weighted by atomic mass is 10.2. The summed E-state index contributed by atoms with van der Waals surface area (Å²) in [4.78, 5) is 28.8. The highest BCUT2D eigenvalue weighted by Gasteiger charge is 2.22. The molecule has 0 aliphatic carbocycles. The Hall–Kier alpha value is -3.80. The number of para-hydroxylation sites is 1. The summed E-state index contributed by atoms with van der Waals surface area (Å²) in [5.41, 5.74) is 3.90. The van der Waals surface area contributed by atoms with E-state index in [9.17, 15) is 14.0 Å². The number of carbonyl (C=O) groups is 1. The summed E-state index contributed by atoms with van der Waals surface area (Å²) in [6.07, 6.45) is 0. The second kappa shape index (κ2) is 6.84. The fraction of sp³-hybridized carbons (Fsp3) is 0. The average molecular weight is 360 g/mol. The van der Waals surface area contributed by atoms with E-state index in [1.807, 2.05) is 36.4 Å². The van der Waals surface area contributed by atoms with Crippen LogP contribution in [0.1, 0.15) is 10.4 Å². The molecule has 0 saturated heterocycles. The van der Waals surface area contributed by atoms with E-state index in [0.717, 1.165) is 5.56 Å². The molecule has 0 unspecified atom stereocenters. The lowest BCUT2D eigenvalue weighted by Gasteiger charge is -2.08. The number of amides is 1. The Morgan fingerprint density at radius 2 is 1.56 bits per heavy atom. The van der Waals surface area contributed by atoms with Gasteiger partial charge in [-0.3, -0.25) is 4.79 Å². The highest BCUT2D eigenvalue weighted by atomic mass is 19.1. The molecular formula is C21H15FN3O2+. The number of hydrogen-bond acceptors (Lipinski definition) is 2. The first-order chi connectivity index (χ1) is 13.1. The van der Waals surface area contributed by atoms with Crippen LogP contribution in [0.4, 0.5) is 4.39 Å². The maximum atomic E-state index is 13.1. The molecule has 3 aromatic carbocycles. The van der Waals surface area contributed by atoms with Gasteiger partial charge in [0.2, 0.25) is 0 Å². The van der Waals surface area contributed by atoms with Crippen molar-refractivity contribution in [2.75, 3.05) is 5.43 Å². The number of carbonyl (C=O) groups excluding carboxylic acids is 1. The minimum Gasteiger partial charge on any atom is -0.266 e. The van der Waals surface area contributed by atoms with E-state index in [2.05, 4.69) is 10.4 Å². The fourth-order valence-electron chi connectivity index (χ4n) is 2.86. The zero-order valence-corrected chi connectivity index (χ0v) is 14.1. The molecule has 27 heavy (non-hydrogen) atoms. The highest BCUT2D eigenvalue weighted by Crippen LogP contribution is 2.14. The summed E-state index contributed by atoms with van der Waals surface area (Å²) >= 11 is 0. The number of aromatic nitrogens is 2. The minimum absolute atomic E-state index is 0.246. The van der Waals surface area contributed by atoms with Crippen molar-refractivity contribution in [2.45, 2.75) is 0 Å². The lowest BCUT2D eigenvalue weighted by molar-refractivity contribution is -0.337. The number of hydrogen-bond donors (Lipinski definition) is 1. The molecule has 0 saturated carbocycles. The summed E-state index contributed by atoms with van der Waals surface area (Å²) in [6.45, 7) is 0. The quantitative estimate of drug-likeness (QED) is 0.610. The predicted molar refractivity (Wildman–Crippen MR) is 100 cm³/mol. The van der Waals surface area contributed by atoms with E-state index in [1.165, 1.54) is 28.9 Å². The number of H-pyrrole nitrogens is 1. The van der Waals surface area contributed by atoms with E-state index in [1.54, 1.807) is 18.2 Å². The number of nitrogens with one attached hydrogen (secondary N) is 2. The molecule has 0 radical (unpaired) electrons. The van der Waals surface area contributed by atoms with Crippen LogP contribution in [0.5, 0.6) is 0 Å². The first kappa shape index (κ1) is 16.7. The summed E-state index contributed by atoms with van der Waals surface area (Å²) < 4.78 is 14.3. The number of fused-ring (bicyclic) bond motifs is 1. The van der Waals surface area contributed by atoms with Crippen molar-refractivity contribution in [1.82, 2.24) is 4.68 Å². The van der Waals surface area contributed by atoms with Gasteiger partial charge in [-0.2, -0.15) is 5.43 Å². The van der Waals surface area contributed by atoms with Gasteiger partial charge in [0.15, 0.2) is 0 Å². The third-order valence-electron chi connectivity index (χ3n) is 4.20. The molecule has 0 bridgehead atoms. The van der Waals surface area contributed by atoms with Crippen molar-refractivity contribution in [1.29, 1.82) is 0 Å². The predicted octanol–water partition coefficient (Wildman–Crippen LogP) is 3.01. The van der Waals surface area contributed by atoms with Gasteiger partial charge in [0.1, 0.15) is 16.7 Å². The smallest absolute Gasteiger partial charge is 0.266 e. The third-order valence-corrected chi connectivity index (χ3v) is 4.20. The van der Waals surface area contributed by atoms with Gasteiger partial charge in [-0.25, -0.2) is 14.2 Å². The molecule has 4 aromatic rings. The van der Waals surface area contributed by atoms with Crippen LogP contribution in [0.2, 0.25) is 0 Å². The van der Waals surface area contributed by atoms with Gasteiger partial charge in [-0.05, 0) is 48.5 Å². The third kappa shape index (κ3) is 3.20. The summed E-state index contributed by atoms with van der Waals surface area (Å²) in [6, 6.07) is 21.4. The van der Waals surface area contributed by atoms with Gasteiger partial charge < -0.3 is 0 Å². The maximum Gasteiger partial charge on any atom is 0.369 e. The van der Waals surface area contributed by atoms with Crippen molar-refractivity contribution < 1.29 is 14.2 Å². The number of halogens is 1. The van der Waals surface area contributed by atoms with Crippen LogP contribution in [-0.4, -0.2) is 10.6 Å². The summed E-state index contributed by atoms with van der Waals surface area (Å²) in [5, 5.41) is 0.441. The second-order valence-electron chi connectivity index (χ2n) is 5.97. The Morgan fingerprint density at radius 3 is 2.30 bits per heavy atom. The molecular weight excluding hydrogens is 345 g/mol. The van der Waals surface area contributed by atoms with Crippen molar-refractivity contribution in [3.8, 4) is 11.4 Å². The molecule has 4 rings (SSSR count). The molecule has 0 aliphatic heterocycles. The van der Waals surface area contributed by atoms with Gasteiger partial charge in [0.05, 0.1) is 5.56 Å². The van der Waals surface area contributed by atoms with Crippen molar-refractivity contribution >= 4 is 16.8 Å². The Morgan fingerprint density at radius 1 is 0.889 bits per heavy atom. The molecule has 0 fully saturated rings. The second-order valence-corrected chi connectivity index (χ2v) is 5.97. The first-order valence-corrected chi connectivity index (χ1v) is 8.33. The van der Waals surface area contributed by atoms with Crippen LogP contribution in [0.25, 0.3) is 22.3 Å². The number of aromatic amines is 1. The highest BCUT2D eigenvalue weighted by molar-refractivity contribution is 6.00. The maximum absolute atomic E-state index is 13.1. The standard InChI is InChI=1S/C21H14FN3O2/c22-16-12-10-15(11-13-16)20(26)24-25-19(14-6-2-1-3-7-14)23-18-9-5-4-8-17(18)21(25)27/h1-13H,(H,24,26)/p+1. The molecule has 6 heteroatoms. The molecule has 5 nitrogen and oxygen atoms in total. The van der Waals surface area contributed by atoms with Crippen molar-refractivity contribution in [3.63, 3.8) is 0 Å². The van der Waals surface area contributed by atoms with Crippen LogP contribution < -0.4 is 16.0 Å². The molecule has 0 atom stereocenters. The first-order valence-electron chi connectivity index (χ1n) is 8.33. The Labute approximate surface area is 153 Å². The molecule has 132 valence electrons. The minimum atomic E-state index is -0.516. The van der Waals surface area contributed by atoms with Gasteiger partial charge in [0.25, 0.3) is 5.91 Å². The van der Waals surface area contributed by atoms with Gasteiger partial charge in [-0.15, -0.1) is 0 Å². The molecule has 2 N–H and O–H groups in total. The van der Waals surface area contributed by atoms with E-state index in [4.69, 9.17) is 0 Å². The van der Waals surface area contributed by atoms with Gasteiger partial charge in [-0.1, -0.05) is 35.0 Å². The summed E-state index contributed by atoms with van der Waals surface area (Å²) in [5.74, 6) is -0.513. The number of benzene rings is 3. The zero-order chi connectivity index (χ0) is 18.8. The largest absolute Gasteiger partial charge is 0.369 e. The molecule has 1 aromatic heterocycles. The Balaban J connectivity index is 1.87. The van der Waals surface area contributed by atoms with Gasteiger partial charge >= 0.3 is 11.4 Å². The molecule has 0 aliphatic rings. The van der Waals surface area contributed by atoms with Crippen LogP contribution in [-0.2, 0) is 0 Å². The Kier molecular flexibility index (Phi) is 4.22. The fourth-order valence-corrected chi connectivity index (χ4v) is 2.86. The van der Waals surface area contributed by atoms with Crippen LogP contribution in [0, 0.1) is 5.82 Å². The molecule has 0 spiro atoms. The van der Waals surface area contributed by atoms with Crippen molar-refractivity contribution in [3.05, 3.63) is 101 Å². The van der Waals surface area contributed by atoms with E-state index >= 15 is 0 Å². The topological polar surface area (TPSA) is 65.2 Å². The van der Waals surface area contributed by atoms with Crippen LogP contribution in [0.3, 0.4) is 0 Å². The van der Waals surface area contributed by atoms with E-state index < -0.39 is 11.7 Å². The average Bonchev–Trinajstić information content (AvgIpc) is 2.71. The van der Waals surface area contributed by atoms with E-state index in [-0.39, 0.29) is 11.1 Å². The number of nitrogens with zero attached hydrogens (tertiary/aromatic N) is 1. The molecule has 1 heterocycles. The number of rotatable bonds is 3. The summed E-state index contributed by atoms with van der Waals surface area (Å²) in [7, 11) is 0. The Bertz CT molecular complexity index is 1190. The van der Waals surface area contributed by atoms with Crippen molar-refractivity contribution in [2.24, 2.45) is 0 Å². The van der Waals surface area contributed by atoms with Gasteiger partial charge in [0, 0.05) is 5.56 Å².